The molecule has 29 heavy (non-hydrogen) atoms. The van der Waals surface area contributed by atoms with Gasteiger partial charge in [-0.1, -0.05) is 60.7 Å². The van der Waals surface area contributed by atoms with Gasteiger partial charge in [0.2, 0.25) is 0 Å². The smallest absolute Gasteiger partial charge is 0.427 e. The monoisotopic (exact) mass is 396 g/mol. The second-order valence-electron chi connectivity index (χ2n) is 7.19. The maximum Gasteiger partial charge on any atom is 0.427 e. The van der Waals surface area contributed by atoms with Gasteiger partial charge in [-0.25, -0.2) is 0 Å². The standard InChI is InChI=1S/C22H20BF3N2O/c1-17-15-21(22(24,25)26)27-23(18-9-4-2-5-10-18,19-11-6-3-7-12-19)28(17)16-20-13-8-14-29-20/h2-15,27H,16H2,1H3. The molecule has 4 rings (SSSR count). The van der Waals surface area contributed by atoms with Crippen molar-refractivity contribution in [3.63, 3.8) is 0 Å². The number of hydrogen-bond acceptors (Lipinski definition) is 2. The topological polar surface area (TPSA) is 28.2 Å². The molecule has 0 amide bonds. The third kappa shape index (κ3) is 3.48. The van der Waals surface area contributed by atoms with Gasteiger partial charge < -0.3 is 14.1 Å². The lowest BCUT2D eigenvalue weighted by molar-refractivity contribution is -0.420. The van der Waals surface area contributed by atoms with Crippen molar-refractivity contribution in [2.24, 2.45) is 0 Å². The van der Waals surface area contributed by atoms with Gasteiger partial charge in [0.15, 0.2) is 12.3 Å². The lowest BCUT2D eigenvalue weighted by atomic mass is 9.36. The third-order valence-electron chi connectivity index (χ3n) is 5.41. The van der Waals surface area contributed by atoms with Gasteiger partial charge in [0.1, 0.15) is 5.71 Å². The van der Waals surface area contributed by atoms with Crippen LogP contribution in [0, 0.1) is 0 Å². The molecule has 0 unspecified atom stereocenters. The Morgan fingerprint density at radius 2 is 1.48 bits per heavy atom. The fraction of sp³-hybridized carbons (Fsp3) is 0.136. The molecule has 2 heterocycles. The van der Waals surface area contributed by atoms with Crippen LogP contribution in [0.3, 0.4) is 0 Å². The van der Waals surface area contributed by atoms with E-state index in [0.29, 0.717) is 18.0 Å². The van der Waals surface area contributed by atoms with Gasteiger partial charge in [-0.05, 0) is 12.1 Å². The van der Waals surface area contributed by atoms with Crippen LogP contribution in [0.1, 0.15) is 12.7 Å². The number of hydrogen-bond donors (Lipinski definition) is 1. The summed E-state index contributed by atoms with van der Waals surface area (Å²) in [6.45, 7) is 2.04. The molecule has 1 aliphatic rings. The highest BCUT2D eigenvalue weighted by molar-refractivity contribution is 6.95. The Morgan fingerprint density at radius 3 is 1.97 bits per heavy atom. The molecule has 0 bridgehead atoms. The van der Waals surface area contributed by atoms with E-state index in [1.54, 1.807) is 19.3 Å². The average Bonchev–Trinajstić information content (AvgIpc) is 3.23. The van der Waals surface area contributed by atoms with Gasteiger partial charge in [-0.3, -0.25) is 0 Å². The Kier molecular flexibility index (Phi) is 4.82. The molecule has 0 saturated heterocycles. The van der Waals surface area contributed by atoms with Crippen molar-refractivity contribution in [1.29, 1.82) is 0 Å². The van der Waals surface area contributed by atoms with Crippen molar-refractivity contribution < 1.29 is 22.1 Å². The van der Waals surface area contributed by atoms with Crippen molar-refractivity contribution in [2.75, 3.05) is 0 Å². The quantitative estimate of drug-likeness (QED) is 0.684. The minimum absolute atomic E-state index is 0.331. The second-order valence-corrected chi connectivity index (χ2v) is 7.19. The number of nitrogens with one attached hydrogen (secondary N) is 1. The molecule has 1 N–H and O–H groups in total. The van der Waals surface area contributed by atoms with Gasteiger partial charge in [-0.2, -0.15) is 13.2 Å². The Morgan fingerprint density at radius 1 is 0.897 bits per heavy atom. The normalized spacial score (nSPS) is 16.3. The molecule has 0 aliphatic carbocycles. The highest BCUT2D eigenvalue weighted by Gasteiger charge is 2.50. The largest absolute Gasteiger partial charge is 0.486 e. The van der Waals surface area contributed by atoms with Crippen LogP contribution in [0.5, 0.6) is 0 Å². The van der Waals surface area contributed by atoms with Crippen LogP contribution < -0.4 is 16.2 Å². The zero-order valence-corrected chi connectivity index (χ0v) is 15.9. The predicted molar refractivity (Wildman–Crippen MR) is 109 cm³/mol. The molecule has 0 fully saturated rings. The lowest BCUT2D eigenvalue weighted by Crippen LogP contribution is -2.77. The number of rotatable bonds is 4. The van der Waals surface area contributed by atoms with Gasteiger partial charge in [-0.15, -0.1) is 10.9 Å². The molecule has 3 aromatic rings. The summed E-state index contributed by atoms with van der Waals surface area (Å²) < 4.78 is 49.0. The van der Waals surface area contributed by atoms with E-state index in [9.17, 15) is 13.2 Å². The zero-order valence-electron chi connectivity index (χ0n) is 15.9. The number of benzene rings is 2. The van der Waals surface area contributed by atoms with E-state index in [2.05, 4.69) is 5.23 Å². The van der Waals surface area contributed by atoms with E-state index in [4.69, 9.17) is 4.42 Å². The molecule has 7 heteroatoms. The number of alkyl halides is 3. The van der Waals surface area contributed by atoms with Crippen LogP contribution in [-0.2, 0) is 6.54 Å². The highest BCUT2D eigenvalue weighted by Crippen LogP contribution is 2.28. The first-order chi connectivity index (χ1) is 13.9. The van der Waals surface area contributed by atoms with Crippen LogP contribution in [0.2, 0.25) is 0 Å². The summed E-state index contributed by atoms with van der Waals surface area (Å²) in [6, 6.07) is 22.1. The Labute approximate surface area is 167 Å². The maximum atomic E-state index is 13.8. The lowest BCUT2D eigenvalue weighted by Gasteiger charge is -2.43. The summed E-state index contributed by atoms with van der Waals surface area (Å²) in [6.07, 6.45) is -3.92. The Balaban J connectivity index is 2.01. The molecular formula is C22H20BF3N2O. The van der Waals surface area contributed by atoms with E-state index >= 15 is 0 Å². The zero-order chi connectivity index (χ0) is 20.5. The van der Waals surface area contributed by atoms with Gasteiger partial charge >= 0.3 is 12.6 Å². The van der Waals surface area contributed by atoms with Crippen molar-refractivity contribution in [3.05, 3.63) is 96.6 Å². The van der Waals surface area contributed by atoms with Crippen molar-refractivity contribution in [2.45, 2.75) is 19.6 Å². The molecule has 2 aromatic carbocycles. The molecule has 0 radical (unpaired) electrons. The van der Waals surface area contributed by atoms with E-state index in [1.807, 2.05) is 71.2 Å². The van der Waals surface area contributed by atoms with E-state index in [-0.39, 0.29) is 0 Å². The van der Waals surface area contributed by atoms with E-state index in [1.165, 1.54) is 0 Å². The number of halogens is 3. The van der Waals surface area contributed by atoms with E-state index in [0.717, 1.165) is 17.0 Å². The van der Waals surface area contributed by atoms with Crippen LogP contribution in [-0.4, -0.2) is 22.8 Å². The van der Waals surface area contributed by atoms with Gasteiger partial charge in [0, 0.05) is 13.0 Å². The van der Waals surface area contributed by atoms with E-state index < -0.39 is 18.3 Å². The summed E-state index contributed by atoms with van der Waals surface area (Å²) in [4.78, 5) is 0. The summed E-state index contributed by atoms with van der Waals surface area (Å²) in [7, 11) is 0. The fourth-order valence-electron chi connectivity index (χ4n) is 4.12. The SMILES string of the molecule is CC1=[N+](Cc2ccco2)[B-](c2ccccc2)(c2ccccc2)NC(C(F)(F)F)=C1. The molecule has 0 spiro atoms. The average molecular weight is 396 g/mol. The highest BCUT2D eigenvalue weighted by atomic mass is 19.4. The second kappa shape index (κ2) is 7.31. The first-order valence-corrected chi connectivity index (χ1v) is 9.38. The van der Waals surface area contributed by atoms with Crippen LogP contribution >= 0.6 is 0 Å². The molecule has 0 atom stereocenters. The third-order valence-corrected chi connectivity index (χ3v) is 5.41. The van der Waals surface area contributed by atoms with Crippen LogP contribution in [0.4, 0.5) is 13.2 Å². The molecule has 1 aliphatic heterocycles. The van der Waals surface area contributed by atoms with Crippen molar-refractivity contribution >= 4 is 23.1 Å². The first kappa shape index (κ1) is 19.1. The molecule has 1 aromatic heterocycles. The minimum Gasteiger partial charge on any atom is -0.486 e. The summed E-state index contributed by atoms with van der Waals surface area (Å²) in [5.41, 5.74) is 1.29. The number of allylic oxidation sites excluding steroid dienone is 2. The summed E-state index contributed by atoms with van der Waals surface area (Å²) in [5, 5.41) is 2.89. The fourth-order valence-corrected chi connectivity index (χ4v) is 4.12. The maximum absolute atomic E-state index is 13.8. The number of furan rings is 1. The van der Waals surface area contributed by atoms with Crippen LogP contribution in [0.25, 0.3) is 0 Å². The minimum atomic E-state index is -4.49. The molecule has 0 saturated carbocycles. The Hall–Kier alpha value is -3.22. The van der Waals surface area contributed by atoms with Crippen LogP contribution in [0.15, 0.2) is 95.2 Å². The summed E-state index contributed by atoms with van der Waals surface area (Å²) >= 11 is 0. The van der Waals surface area contributed by atoms with Crippen molar-refractivity contribution in [3.8, 4) is 0 Å². The number of nitrogens with zero attached hydrogens (tertiary/aromatic N) is 1. The van der Waals surface area contributed by atoms with Crippen molar-refractivity contribution in [1.82, 2.24) is 5.23 Å². The summed E-state index contributed by atoms with van der Waals surface area (Å²) in [5.74, 6) is 0.674. The molecule has 3 nitrogen and oxygen atoms in total. The Bertz CT molecular complexity index is 1000. The van der Waals surface area contributed by atoms with Gasteiger partial charge in [0.25, 0.3) is 0 Å². The first-order valence-electron chi connectivity index (χ1n) is 9.38. The predicted octanol–water partition coefficient (Wildman–Crippen LogP) is 3.56. The molecule has 148 valence electrons. The molecular weight excluding hydrogens is 376 g/mol. The van der Waals surface area contributed by atoms with Gasteiger partial charge in [0.05, 0.1) is 12.0 Å².